The van der Waals surface area contributed by atoms with Crippen LogP contribution in [0, 0.1) is 6.92 Å². The van der Waals surface area contributed by atoms with Gasteiger partial charge in [-0.05, 0) is 43.3 Å². The minimum absolute atomic E-state index is 0.625. The molecule has 0 spiro atoms. The van der Waals surface area contributed by atoms with E-state index in [0.29, 0.717) is 34.1 Å². The molecule has 0 aliphatic heterocycles. The predicted molar refractivity (Wildman–Crippen MR) is 143 cm³/mol. The fourth-order valence-electron chi connectivity index (χ4n) is 3.99. The van der Waals surface area contributed by atoms with Crippen LogP contribution in [0.3, 0.4) is 0 Å². The molecule has 0 atom stereocenters. The summed E-state index contributed by atoms with van der Waals surface area (Å²) in [5.41, 5.74) is 3.15. The zero-order valence-corrected chi connectivity index (χ0v) is 20.4. The Kier molecular flexibility index (Phi) is 5.63. The summed E-state index contributed by atoms with van der Waals surface area (Å²) in [6.07, 6.45) is 3.35. The SMILES string of the molecule is COc1cnc2c(Oc3ccc(Nc4nnc(-c5ccc(C)s5)c5ccccc45)cc3)ccnc2c1. The molecule has 0 saturated carbocycles. The number of aromatic nitrogens is 4. The summed E-state index contributed by atoms with van der Waals surface area (Å²) in [5.74, 6) is 2.66. The second kappa shape index (κ2) is 9.24. The Morgan fingerprint density at radius 1 is 0.833 bits per heavy atom. The van der Waals surface area contributed by atoms with Crippen molar-refractivity contribution < 1.29 is 9.47 Å². The maximum Gasteiger partial charge on any atom is 0.161 e. The number of hydrogen-bond acceptors (Lipinski definition) is 8. The van der Waals surface area contributed by atoms with Crippen LogP contribution in [-0.2, 0) is 0 Å². The number of ether oxygens (including phenoxy) is 2. The number of pyridine rings is 2. The number of hydrogen-bond donors (Lipinski definition) is 1. The number of thiophene rings is 1. The molecule has 0 aliphatic rings. The molecule has 0 saturated heterocycles. The third kappa shape index (κ3) is 4.18. The molecule has 6 aromatic rings. The van der Waals surface area contributed by atoms with Gasteiger partial charge in [-0.3, -0.25) is 4.98 Å². The fourth-order valence-corrected chi connectivity index (χ4v) is 4.86. The summed E-state index contributed by atoms with van der Waals surface area (Å²) in [5, 5.41) is 14.5. The van der Waals surface area contributed by atoms with Gasteiger partial charge < -0.3 is 14.8 Å². The van der Waals surface area contributed by atoms with Crippen LogP contribution in [0.5, 0.6) is 17.2 Å². The van der Waals surface area contributed by atoms with Crippen molar-refractivity contribution in [2.75, 3.05) is 12.4 Å². The summed E-state index contributed by atoms with van der Waals surface area (Å²) in [4.78, 5) is 11.2. The average Bonchev–Trinajstić information content (AvgIpc) is 3.35. The van der Waals surface area contributed by atoms with E-state index in [2.05, 4.69) is 56.7 Å². The number of rotatable bonds is 6. The van der Waals surface area contributed by atoms with Gasteiger partial charge in [0.2, 0.25) is 0 Å². The zero-order chi connectivity index (χ0) is 24.5. The lowest BCUT2D eigenvalue weighted by molar-refractivity contribution is 0.413. The molecule has 6 rings (SSSR count). The first-order valence-corrected chi connectivity index (χ1v) is 12.2. The van der Waals surface area contributed by atoms with Crippen molar-refractivity contribution in [3.8, 4) is 27.8 Å². The monoisotopic (exact) mass is 491 g/mol. The van der Waals surface area contributed by atoms with Gasteiger partial charge in [-0.15, -0.1) is 21.5 Å². The molecule has 36 heavy (non-hydrogen) atoms. The third-order valence-electron chi connectivity index (χ3n) is 5.76. The highest BCUT2D eigenvalue weighted by molar-refractivity contribution is 7.15. The van der Waals surface area contributed by atoms with E-state index in [0.717, 1.165) is 27.0 Å². The quantitative estimate of drug-likeness (QED) is 0.265. The highest BCUT2D eigenvalue weighted by Gasteiger charge is 2.13. The molecule has 1 N–H and O–H groups in total. The first-order valence-electron chi connectivity index (χ1n) is 11.3. The Morgan fingerprint density at radius 2 is 1.67 bits per heavy atom. The molecule has 0 fully saturated rings. The van der Waals surface area contributed by atoms with Crippen LogP contribution >= 0.6 is 11.3 Å². The largest absolute Gasteiger partial charge is 0.495 e. The topological polar surface area (TPSA) is 82.0 Å². The predicted octanol–water partition coefficient (Wildman–Crippen LogP) is 7.15. The van der Waals surface area contributed by atoms with E-state index in [-0.39, 0.29) is 0 Å². The van der Waals surface area contributed by atoms with Gasteiger partial charge in [-0.2, -0.15) is 0 Å². The Bertz CT molecular complexity index is 1700. The van der Waals surface area contributed by atoms with E-state index in [9.17, 15) is 0 Å². The Hall–Kier alpha value is -4.56. The molecule has 7 nitrogen and oxygen atoms in total. The molecular formula is C28H21N5O2S. The number of nitrogens with one attached hydrogen (secondary N) is 1. The molecular weight excluding hydrogens is 470 g/mol. The summed E-state index contributed by atoms with van der Waals surface area (Å²) < 4.78 is 11.3. The highest BCUT2D eigenvalue weighted by Crippen LogP contribution is 2.35. The molecule has 0 amide bonds. The van der Waals surface area contributed by atoms with Crippen LogP contribution < -0.4 is 14.8 Å². The van der Waals surface area contributed by atoms with Gasteiger partial charge in [-0.25, -0.2) is 4.98 Å². The Labute approximate surface area is 211 Å². The Balaban J connectivity index is 1.26. The number of anilines is 2. The lowest BCUT2D eigenvalue weighted by Crippen LogP contribution is -1.99. The lowest BCUT2D eigenvalue weighted by Gasteiger charge is -2.12. The van der Waals surface area contributed by atoms with Crippen LogP contribution in [0.1, 0.15) is 4.88 Å². The van der Waals surface area contributed by atoms with E-state index in [4.69, 9.17) is 9.47 Å². The van der Waals surface area contributed by atoms with E-state index in [1.807, 2.05) is 42.5 Å². The molecule has 0 aliphatic carbocycles. The van der Waals surface area contributed by atoms with Crippen LogP contribution in [0.4, 0.5) is 11.5 Å². The van der Waals surface area contributed by atoms with Gasteiger partial charge in [0, 0.05) is 39.7 Å². The highest BCUT2D eigenvalue weighted by atomic mass is 32.1. The van der Waals surface area contributed by atoms with Gasteiger partial charge in [0.05, 0.1) is 23.7 Å². The van der Waals surface area contributed by atoms with Gasteiger partial charge in [0.15, 0.2) is 11.6 Å². The molecule has 176 valence electrons. The molecule has 2 aromatic carbocycles. The summed E-state index contributed by atoms with van der Waals surface area (Å²) in [6, 6.07) is 23.7. The summed E-state index contributed by atoms with van der Waals surface area (Å²) >= 11 is 1.72. The number of methoxy groups -OCH3 is 1. The smallest absolute Gasteiger partial charge is 0.161 e. The maximum atomic E-state index is 6.11. The van der Waals surface area contributed by atoms with Crippen molar-refractivity contribution in [2.45, 2.75) is 6.92 Å². The molecule has 8 heteroatoms. The van der Waals surface area contributed by atoms with Gasteiger partial charge in [0.1, 0.15) is 22.7 Å². The van der Waals surface area contributed by atoms with Crippen molar-refractivity contribution in [2.24, 2.45) is 0 Å². The molecule has 0 unspecified atom stereocenters. The second-order valence-corrected chi connectivity index (χ2v) is 9.44. The molecule has 4 aromatic heterocycles. The van der Waals surface area contributed by atoms with Crippen LogP contribution in [0.2, 0.25) is 0 Å². The fraction of sp³-hybridized carbons (Fsp3) is 0.0714. The normalized spacial score (nSPS) is 11.1. The van der Waals surface area contributed by atoms with Gasteiger partial charge >= 0.3 is 0 Å². The molecule has 0 radical (unpaired) electrons. The Morgan fingerprint density at radius 3 is 2.44 bits per heavy atom. The van der Waals surface area contributed by atoms with Crippen molar-refractivity contribution in [1.29, 1.82) is 0 Å². The zero-order valence-electron chi connectivity index (χ0n) is 19.6. The number of benzene rings is 2. The third-order valence-corrected chi connectivity index (χ3v) is 6.76. The minimum atomic E-state index is 0.625. The molecule has 0 bridgehead atoms. The van der Waals surface area contributed by atoms with Crippen molar-refractivity contribution >= 4 is 44.6 Å². The number of nitrogens with zero attached hydrogens (tertiary/aromatic N) is 4. The number of aryl methyl sites for hydroxylation is 1. The maximum absolute atomic E-state index is 6.11. The number of fused-ring (bicyclic) bond motifs is 2. The first kappa shape index (κ1) is 21.9. The average molecular weight is 492 g/mol. The van der Waals surface area contributed by atoms with E-state index in [1.165, 1.54) is 4.88 Å². The van der Waals surface area contributed by atoms with Crippen molar-refractivity contribution in [3.63, 3.8) is 0 Å². The first-order chi connectivity index (χ1) is 17.7. The molecule has 4 heterocycles. The standard InChI is InChI=1S/C28H21N5O2S/c1-17-7-12-25(36-17)26-21-5-3-4-6-22(21)28(33-32-26)31-18-8-10-19(11-9-18)35-24-13-14-29-23-15-20(34-2)16-30-27(23)24/h3-16H,1-2H3,(H,31,33). The van der Waals surface area contributed by atoms with Crippen molar-refractivity contribution in [1.82, 2.24) is 20.2 Å². The van der Waals surface area contributed by atoms with E-state index >= 15 is 0 Å². The van der Waals surface area contributed by atoms with E-state index < -0.39 is 0 Å². The van der Waals surface area contributed by atoms with Gasteiger partial charge in [-0.1, -0.05) is 24.3 Å². The summed E-state index contributed by atoms with van der Waals surface area (Å²) in [6.45, 7) is 2.10. The van der Waals surface area contributed by atoms with Gasteiger partial charge in [0.25, 0.3) is 0 Å². The van der Waals surface area contributed by atoms with E-state index in [1.54, 1.807) is 36.9 Å². The van der Waals surface area contributed by atoms with Crippen LogP contribution in [0.25, 0.3) is 32.4 Å². The summed E-state index contributed by atoms with van der Waals surface area (Å²) in [7, 11) is 1.60. The minimum Gasteiger partial charge on any atom is -0.495 e. The van der Waals surface area contributed by atoms with Crippen LogP contribution in [0.15, 0.2) is 85.2 Å². The second-order valence-electron chi connectivity index (χ2n) is 8.16. The van der Waals surface area contributed by atoms with Crippen LogP contribution in [-0.4, -0.2) is 27.3 Å². The van der Waals surface area contributed by atoms with Crippen molar-refractivity contribution in [3.05, 3.63) is 90.1 Å². The lowest BCUT2D eigenvalue weighted by atomic mass is 10.1.